The first-order valence-corrected chi connectivity index (χ1v) is 9.08. The van der Waals surface area contributed by atoms with E-state index in [1.54, 1.807) is 13.0 Å². The van der Waals surface area contributed by atoms with Gasteiger partial charge in [-0.2, -0.15) is 0 Å². The summed E-state index contributed by atoms with van der Waals surface area (Å²) in [6, 6.07) is 12.4. The highest BCUT2D eigenvalue weighted by molar-refractivity contribution is 6.17. The van der Waals surface area contributed by atoms with Crippen LogP contribution in [0.1, 0.15) is 19.1 Å². The van der Waals surface area contributed by atoms with E-state index < -0.39 is 5.97 Å². The fourth-order valence-electron chi connectivity index (χ4n) is 2.87. The van der Waals surface area contributed by atoms with Gasteiger partial charge in [0.2, 0.25) is 5.43 Å². The van der Waals surface area contributed by atoms with Gasteiger partial charge in [-0.05, 0) is 18.9 Å². The van der Waals surface area contributed by atoms with Crippen molar-refractivity contribution in [1.82, 2.24) is 0 Å². The second-order valence-corrected chi connectivity index (χ2v) is 6.39. The third-order valence-electron chi connectivity index (χ3n) is 3.97. The standard InChI is InChI=1S/C21H19ClO5/c1-13-19(15-7-4-3-5-8-15)21(24)20-17(26-13)11-16(25-10-6-9-22)12-18(20)27-14(2)23/h3-5,7-8,11-12H,6,9-10H2,1-2H3. The number of esters is 1. The van der Waals surface area contributed by atoms with Crippen LogP contribution >= 0.6 is 11.6 Å². The quantitative estimate of drug-likeness (QED) is 0.266. The molecule has 5 nitrogen and oxygen atoms in total. The molecule has 0 aliphatic heterocycles. The third kappa shape index (κ3) is 4.14. The third-order valence-corrected chi connectivity index (χ3v) is 4.24. The first-order valence-electron chi connectivity index (χ1n) is 8.55. The van der Waals surface area contributed by atoms with Crippen LogP contribution in [0.4, 0.5) is 0 Å². The highest BCUT2D eigenvalue weighted by Gasteiger charge is 2.19. The van der Waals surface area contributed by atoms with Crippen molar-refractivity contribution in [3.8, 4) is 22.6 Å². The van der Waals surface area contributed by atoms with Crippen LogP contribution in [0.5, 0.6) is 11.5 Å². The minimum atomic E-state index is -0.532. The summed E-state index contributed by atoms with van der Waals surface area (Å²) in [5.41, 5.74) is 1.22. The maximum Gasteiger partial charge on any atom is 0.308 e. The molecule has 0 amide bonds. The summed E-state index contributed by atoms with van der Waals surface area (Å²) >= 11 is 5.67. The van der Waals surface area contributed by atoms with E-state index in [4.69, 9.17) is 25.5 Å². The lowest BCUT2D eigenvalue weighted by Crippen LogP contribution is -2.11. The second-order valence-electron chi connectivity index (χ2n) is 6.01. The highest BCUT2D eigenvalue weighted by atomic mass is 35.5. The zero-order valence-corrected chi connectivity index (χ0v) is 15.8. The molecule has 0 radical (unpaired) electrons. The number of hydrogen-bond donors (Lipinski definition) is 0. The Hall–Kier alpha value is -2.79. The zero-order valence-electron chi connectivity index (χ0n) is 15.1. The monoisotopic (exact) mass is 386 g/mol. The SMILES string of the molecule is CC(=O)Oc1cc(OCCCCl)cc2oc(C)c(-c3ccccc3)c(=O)c12. The normalized spacial score (nSPS) is 10.8. The van der Waals surface area contributed by atoms with Gasteiger partial charge in [0.05, 0.1) is 12.2 Å². The Bertz CT molecular complexity index is 1020. The molecule has 0 saturated carbocycles. The Morgan fingerprint density at radius 1 is 1.19 bits per heavy atom. The number of ether oxygens (including phenoxy) is 2. The lowest BCUT2D eigenvalue weighted by molar-refractivity contribution is -0.131. The van der Waals surface area contributed by atoms with Gasteiger partial charge >= 0.3 is 5.97 Å². The molecule has 0 spiro atoms. The Morgan fingerprint density at radius 3 is 2.59 bits per heavy atom. The molecule has 0 N–H and O–H groups in total. The molecule has 0 fully saturated rings. The molecule has 0 unspecified atom stereocenters. The van der Waals surface area contributed by atoms with Crippen LogP contribution in [0.3, 0.4) is 0 Å². The topological polar surface area (TPSA) is 65.7 Å². The Morgan fingerprint density at radius 2 is 1.93 bits per heavy atom. The van der Waals surface area contributed by atoms with E-state index in [0.717, 1.165) is 5.56 Å². The zero-order chi connectivity index (χ0) is 19.4. The van der Waals surface area contributed by atoms with Gasteiger partial charge in [-0.25, -0.2) is 0 Å². The van der Waals surface area contributed by atoms with Crippen LogP contribution < -0.4 is 14.9 Å². The van der Waals surface area contributed by atoms with Crippen LogP contribution in [-0.4, -0.2) is 18.5 Å². The fourth-order valence-corrected chi connectivity index (χ4v) is 2.98. The summed E-state index contributed by atoms with van der Waals surface area (Å²) in [5.74, 6) is 0.977. The van der Waals surface area contributed by atoms with Crippen molar-refractivity contribution >= 4 is 28.5 Å². The minimum absolute atomic E-state index is 0.117. The number of fused-ring (bicyclic) bond motifs is 1. The number of hydrogen-bond acceptors (Lipinski definition) is 5. The first-order chi connectivity index (χ1) is 13.0. The molecule has 27 heavy (non-hydrogen) atoms. The molecular weight excluding hydrogens is 368 g/mol. The summed E-state index contributed by atoms with van der Waals surface area (Å²) < 4.78 is 16.8. The van der Waals surface area contributed by atoms with E-state index in [1.165, 1.54) is 13.0 Å². The summed E-state index contributed by atoms with van der Waals surface area (Å²) in [5, 5.41) is 0.208. The van der Waals surface area contributed by atoms with Crippen molar-refractivity contribution < 1.29 is 18.7 Å². The summed E-state index contributed by atoms with van der Waals surface area (Å²) in [6.07, 6.45) is 0.665. The van der Waals surface area contributed by atoms with Crippen LogP contribution in [0.15, 0.2) is 51.7 Å². The maximum absolute atomic E-state index is 13.2. The number of alkyl halides is 1. The van der Waals surface area contributed by atoms with Gasteiger partial charge in [-0.3, -0.25) is 9.59 Å². The van der Waals surface area contributed by atoms with Crippen LogP contribution in [0.2, 0.25) is 0 Å². The number of halogens is 1. The van der Waals surface area contributed by atoms with Crippen molar-refractivity contribution in [2.75, 3.05) is 12.5 Å². The lowest BCUT2D eigenvalue weighted by Gasteiger charge is -2.12. The molecule has 0 aliphatic carbocycles. The summed E-state index contributed by atoms with van der Waals surface area (Å²) in [4.78, 5) is 24.8. The predicted molar refractivity (Wildman–Crippen MR) is 105 cm³/mol. The Labute approximate surface area is 161 Å². The van der Waals surface area contributed by atoms with E-state index in [0.29, 0.717) is 41.6 Å². The fraction of sp³-hybridized carbons (Fsp3) is 0.238. The average molecular weight is 387 g/mol. The molecule has 6 heteroatoms. The molecule has 3 rings (SSSR count). The molecule has 1 heterocycles. The van der Waals surface area contributed by atoms with Crippen LogP contribution in [0, 0.1) is 6.92 Å². The predicted octanol–water partition coefficient (Wildman–Crippen LogP) is 4.70. The molecule has 2 aromatic carbocycles. The van der Waals surface area contributed by atoms with Crippen molar-refractivity contribution in [2.24, 2.45) is 0 Å². The number of carbonyl (C=O) groups is 1. The number of carbonyl (C=O) groups excluding carboxylic acids is 1. The van der Waals surface area contributed by atoms with Gasteiger partial charge in [0.25, 0.3) is 0 Å². The van der Waals surface area contributed by atoms with Gasteiger partial charge in [0.1, 0.15) is 28.2 Å². The molecule has 0 bridgehead atoms. The molecular formula is C21H19ClO5. The van der Waals surface area contributed by atoms with Gasteiger partial charge in [0, 0.05) is 24.9 Å². The van der Waals surface area contributed by atoms with Crippen LogP contribution in [0.25, 0.3) is 22.1 Å². The molecule has 0 aliphatic rings. The van der Waals surface area contributed by atoms with Gasteiger partial charge < -0.3 is 13.9 Å². The highest BCUT2D eigenvalue weighted by Crippen LogP contribution is 2.33. The van der Waals surface area contributed by atoms with E-state index in [2.05, 4.69) is 0 Å². The second kappa shape index (κ2) is 8.27. The summed E-state index contributed by atoms with van der Waals surface area (Å²) in [6.45, 7) is 3.41. The largest absolute Gasteiger partial charge is 0.493 e. The van der Waals surface area contributed by atoms with Crippen molar-refractivity contribution in [1.29, 1.82) is 0 Å². The smallest absolute Gasteiger partial charge is 0.308 e. The molecule has 0 saturated heterocycles. The van der Waals surface area contributed by atoms with Crippen molar-refractivity contribution in [2.45, 2.75) is 20.3 Å². The summed E-state index contributed by atoms with van der Waals surface area (Å²) in [7, 11) is 0. The van der Waals surface area contributed by atoms with E-state index in [9.17, 15) is 9.59 Å². The molecule has 140 valence electrons. The maximum atomic E-state index is 13.2. The van der Waals surface area contributed by atoms with E-state index >= 15 is 0 Å². The number of aryl methyl sites for hydroxylation is 1. The Balaban J connectivity index is 2.22. The van der Waals surface area contributed by atoms with Gasteiger partial charge in [-0.15, -0.1) is 11.6 Å². The number of benzene rings is 2. The van der Waals surface area contributed by atoms with E-state index in [-0.39, 0.29) is 16.6 Å². The van der Waals surface area contributed by atoms with E-state index in [1.807, 2.05) is 30.3 Å². The Kier molecular flexibility index (Phi) is 5.81. The number of rotatable bonds is 6. The van der Waals surface area contributed by atoms with Gasteiger partial charge in [-0.1, -0.05) is 30.3 Å². The average Bonchev–Trinajstić information content (AvgIpc) is 2.62. The molecule has 1 aromatic heterocycles. The van der Waals surface area contributed by atoms with Gasteiger partial charge in [0.15, 0.2) is 0 Å². The minimum Gasteiger partial charge on any atom is -0.493 e. The van der Waals surface area contributed by atoms with Crippen LogP contribution in [-0.2, 0) is 4.79 Å². The molecule has 3 aromatic rings. The van der Waals surface area contributed by atoms with Crippen molar-refractivity contribution in [3.05, 3.63) is 58.4 Å². The van der Waals surface area contributed by atoms with Crippen molar-refractivity contribution in [3.63, 3.8) is 0 Å². The first kappa shape index (κ1) is 19.0. The lowest BCUT2D eigenvalue weighted by atomic mass is 10.0. The molecule has 0 atom stereocenters.